The predicted octanol–water partition coefficient (Wildman–Crippen LogP) is 3.55. The maximum absolute atomic E-state index is 12.0. The lowest BCUT2D eigenvalue weighted by Gasteiger charge is -2.08. The number of fused-ring (bicyclic) bond motifs is 1. The van der Waals surface area contributed by atoms with Crippen LogP contribution in [0.15, 0.2) is 70.9 Å². The number of nitrogens with one attached hydrogen (secondary N) is 3. The van der Waals surface area contributed by atoms with E-state index in [0.29, 0.717) is 33.5 Å². The Balaban J connectivity index is 1.39. The second kappa shape index (κ2) is 7.97. The Morgan fingerprint density at radius 2 is 2.00 bits per heavy atom. The Morgan fingerprint density at radius 1 is 1.14 bits per heavy atom. The number of para-hydroxylation sites is 1. The zero-order valence-corrected chi connectivity index (χ0v) is 15.3. The fraction of sp³-hybridized carbons (Fsp3) is 0.0526. The highest BCUT2D eigenvalue weighted by Crippen LogP contribution is 2.23. The first-order chi connectivity index (χ1) is 13.7. The summed E-state index contributed by atoms with van der Waals surface area (Å²) in [7, 11) is 0. The molecule has 0 atom stereocenters. The quantitative estimate of drug-likeness (QED) is 0.447. The van der Waals surface area contributed by atoms with Crippen LogP contribution in [0.4, 0.5) is 10.5 Å². The fourth-order valence-electron chi connectivity index (χ4n) is 2.52. The van der Waals surface area contributed by atoms with Gasteiger partial charge in [0, 0.05) is 11.4 Å². The maximum Gasteiger partial charge on any atom is 0.417 e. The van der Waals surface area contributed by atoms with Crippen molar-refractivity contribution < 1.29 is 9.53 Å². The van der Waals surface area contributed by atoms with Crippen LogP contribution in [-0.4, -0.2) is 26.0 Å². The third-order valence-electron chi connectivity index (χ3n) is 3.78. The van der Waals surface area contributed by atoms with Gasteiger partial charge in [-0.15, -0.1) is 0 Å². The topological polar surface area (TPSA) is 113 Å². The molecule has 0 saturated heterocycles. The van der Waals surface area contributed by atoms with E-state index in [1.807, 2.05) is 24.3 Å². The average Bonchev–Trinajstić information content (AvgIpc) is 3.12. The number of carbonyl (C=O) groups excluding carboxylic acids is 1. The molecule has 0 aliphatic carbocycles. The van der Waals surface area contributed by atoms with Gasteiger partial charge in [0.1, 0.15) is 5.75 Å². The van der Waals surface area contributed by atoms with E-state index in [0.717, 1.165) is 5.56 Å². The summed E-state index contributed by atoms with van der Waals surface area (Å²) in [5.41, 5.74) is 2.08. The number of nitrogens with zero attached hydrogens (tertiary/aromatic N) is 2. The number of hydrogen-bond acceptors (Lipinski definition) is 6. The van der Waals surface area contributed by atoms with Crippen LogP contribution in [0.5, 0.6) is 5.75 Å². The zero-order valence-electron chi connectivity index (χ0n) is 14.5. The number of imidazole rings is 1. The van der Waals surface area contributed by atoms with Crippen molar-refractivity contribution in [1.29, 1.82) is 0 Å². The zero-order chi connectivity index (χ0) is 19.3. The van der Waals surface area contributed by atoms with Gasteiger partial charge in [0.15, 0.2) is 16.3 Å². The van der Waals surface area contributed by atoms with Crippen molar-refractivity contribution in [3.05, 3.63) is 76.8 Å². The Labute approximate surface area is 163 Å². The van der Waals surface area contributed by atoms with E-state index >= 15 is 0 Å². The van der Waals surface area contributed by atoms with Gasteiger partial charge in [0.2, 0.25) is 0 Å². The molecule has 2 heterocycles. The average molecular weight is 393 g/mol. The standard InChI is InChI=1S/C19H15N5O3S/c25-17-15-16(20-11-21-17)24-18(23-15)28-10-12-5-4-6-13(9-12)22-19(26)27-14-7-2-1-3-8-14/h1-9,11H,10H2,(H,22,26)(H2,20,21,23,24,25). The van der Waals surface area contributed by atoms with Crippen molar-refractivity contribution in [3.63, 3.8) is 0 Å². The predicted molar refractivity (Wildman–Crippen MR) is 107 cm³/mol. The molecular weight excluding hydrogens is 378 g/mol. The van der Waals surface area contributed by atoms with E-state index in [2.05, 4.69) is 25.3 Å². The fourth-order valence-corrected chi connectivity index (χ4v) is 3.32. The molecule has 0 aliphatic heterocycles. The lowest BCUT2D eigenvalue weighted by Crippen LogP contribution is -2.16. The van der Waals surface area contributed by atoms with Crippen LogP contribution in [-0.2, 0) is 5.75 Å². The molecule has 8 nitrogen and oxygen atoms in total. The van der Waals surface area contributed by atoms with Gasteiger partial charge >= 0.3 is 6.09 Å². The van der Waals surface area contributed by atoms with E-state index in [1.165, 1.54) is 18.1 Å². The number of benzene rings is 2. The van der Waals surface area contributed by atoms with Gasteiger partial charge in [0.05, 0.1) is 6.33 Å². The third kappa shape index (κ3) is 4.21. The summed E-state index contributed by atoms with van der Waals surface area (Å²) >= 11 is 1.43. The first kappa shape index (κ1) is 17.8. The molecule has 0 saturated carbocycles. The third-order valence-corrected chi connectivity index (χ3v) is 4.72. The van der Waals surface area contributed by atoms with Crippen LogP contribution in [0.25, 0.3) is 11.2 Å². The Bertz CT molecular complexity index is 1170. The van der Waals surface area contributed by atoms with Crippen LogP contribution < -0.4 is 15.6 Å². The van der Waals surface area contributed by atoms with Crippen molar-refractivity contribution in [3.8, 4) is 5.75 Å². The number of anilines is 1. The number of thioether (sulfide) groups is 1. The molecule has 4 aromatic rings. The minimum atomic E-state index is -0.557. The summed E-state index contributed by atoms with van der Waals surface area (Å²) < 4.78 is 5.22. The highest BCUT2D eigenvalue weighted by Gasteiger charge is 2.09. The molecule has 4 rings (SSSR count). The van der Waals surface area contributed by atoms with E-state index in [4.69, 9.17) is 4.74 Å². The minimum Gasteiger partial charge on any atom is -0.410 e. The van der Waals surface area contributed by atoms with E-state index < -0.39 is 6.09 Å². The van der Waals surface area contributed by atoms with Crippen LogP contribution in [0, 0.1) is 0 Å². The lowest BCUT2D eigenvalue weighted by molar-refractivity contribution is 0.215. The summed E-state index contributed by atoms with van der Waals surface area (Å²) in [5.74, 6) is 1.07. The molecule has 3 N–H and O–H groups in total. The second-order valence-electron chi connectivity index (χ2n) is 5.79. The van der Waals surface area contributed by atoms with Crippen LogP contribution in [0.3, 0.4) is 0 Å². The molecule has 28 heavy (non-hydrogen) atoms. The van der Waals surface area contributed by atoms with Gasteiger partial charge < -0.3 is 14.7 Å². The normalized spacial score (nSPS) is 10.7. The number of aromatic amines is 2. The largest absolute Gasteiger partial charge is 0.417 e. The van der Waals surface area contributed by atoms with E-state index in [1.54, 1.807) is 30.3 Å². The van der Waals surface area contributed by atoms with E-state index in [9.17, 15) is 9.59 Å². The summed E-state index contributed by atoms with van der Waals surface area (Å²) in [6.45, 7) is 0. The summed E-state index contributed by atoms with van der Waals surface area (Å²) in [5, 5.41) is 3.31. The number of ether oxygens (including phenoxy) is 1. The Hall–Kier alpha value is -3.59. The Morgan fingerprint density at radius 3 is 2.82 bits per heavy atom. The first-order valence-corrected chi connectivity index (χ1v) is 9.35. The van der Waals surface area contributed by atoms with Crippen LogP contribution in [0.1, 0.15) is 5.56 Å². The molecular formula is C19H15N5O3S. The molecule has 0 radical (unpaired) electrons. The summed E-state index contributed by atoms with van der Waals surface area (Å²) in [6.07, 6.45) is 0.766. The van der Waals surface area contributed by atoms with Crippen molar-refractivity contribution in [2.45, 2.75) is 10.9 Å². The van der Waals surface area contributed by atoms with Crippen LogP contribution >= 0.6 is 11.8 Å². The number of amides is 1. The van der Waals surface area contributed by atoms with Crippen LogP contribution in [0.2, 0.25) is 0 Å². The SMILES string of the molecule is O=C(Nc1cccc(CSc2nc3nc[nH]c(=O)c3[nH]2)c1)Oc1ccccc1. The lowest BCUT2D eigenvalue weighted by atomic mass is 10.2. The summed E-state index contributed by atoms with van der Waals surface area (Å²) in [4.78, 5) is 37.5. The van der Waals surface area contributed by atoms with Gasteiger partial charge in [-0.2, -0.15) is 0 Å². The molecule has 0 fully saturated rings. The molecule has 0 spiro atoms. The van der Waals surface area contributed by atoms with Crippen molar-refractivity contribution in [2.24, 2.45) is 0 Å². The number of aromatic nitrogens is 4. The van der Waals surface area contributed by atoms with Gasteiger partial charge in [-0.05, 0) is 29.8 Å². The van der Waals surface area contributed by atoms with Crippen molar-refractivity contribution in [1.82, 2.24) is 19.9 Å². The highest BCUT2D eigenvalue weighted by molar-refractivity contribution is 7.98. The van der Waals surface area contributed by atoms with Crippen molar-refractivity contribution in [2.75, 3.05) is 5.32 Å². The van der Waals surface area contributed by atoms with E-state index in [-0.39, 0.29) is 5.56 Å². The van der Waals surface area contributed by atoms with Gasteiger partial charge in [-0.3, -0.25) is 10.1 Å². The number of H-pyrrole nitrogens is 2. The monoisotopic (exact) mass is 393 g/mol. The molecule has 0 aliphatic rings. The smallest absolute Gasteiger partial charge is 0.410 e. The molecule has 0 bridgehead atoms. The second-order valence-corrected chi connectivity index (χ2v) is 6.75. The van der Waals surface area contributed by atoms with Gasteiger partial charge in [0.25, 0.3) is 5.56 Å². The molecule has 2 aromatic carbocycles. The summed E-state index contributed by atoms with van der Waals surface area (Å²) in [6, 6.07) is 16.3. The molecule has 2 aromatic heterocycles. The van der Waals surface area contributed by atoms with Crippen molar-refractivity contribution >= 4 is 34.7 Å². The highest BCUT2D eigenvalue weighted by atomic mass is 32.2. The minimum absolute atomic E-state index is 0.257. The molecule has 1 amide bonds. The first-order valence-electron chi connectivity index (χ1n) is 8.36. The number of carbonyl (C=O) groups is 1. The molecule has 9 heteroatoms. The number of hydrogen-bond donors (Lipinski definition) is 3. The van der Waals surface area contributed by atoms with Gasteiger partial charge in [-0.25, -0.2) is 14.8 Å². The number of rotatable bonds is 5. The molecule has 140 valence electrons. The molecule has 0 unspecified atom stereocenters. The Kier molecular flexibility index (Phi) is 5.07. The maximum atomic E-state index is 12.0. The van der Waals surface area contributed by atoms with Gasteiger partial charge in [-0.1, -0.05) is 42.1 Å².